The number of rotatable bonds is 2. The molecule has 0 aromatic carbocycles. The molecule has 3 aliphatic carbocycles. The lowest BCUT2D eigenvalue weighted by Gasteiger charge is -2.55. The van der Waals surface area contributed by atoms with Gasteiger partial charge in [0.2, 0.25) is 6.10 Å². The fourth-order valence-electron chi connectivity index (χ4n) is 2.84. The Labute approximate surface area is 96.1 Å². The van der Waals surface area contributed by atoms with E-state index < -0.39 is 6.10 Å². The summed E-state index contributed by atoms with van der Waals surface area (Å²) in [6, 6.07) is 2.06. The molecule has 0 radical (unpaired) electrons. The number of allylic oxidation sites excluding steroid dienone is 1. The molecule has 1 fully saturated rings. The van der Waals surface area contributed by atoms with Gasteiger partial charge in [0.25, 0.3) is 0 Å². The van der Waals surface area contributed by atoms with Gasteiger partial charge in [0.05, 0.1) is 0 Å². The maximum Gasteiger partial charge on any atom is 0.304 e. The van der Waals surface area contributed by atoms with Crippen molar-refractivity contribution in [1.29, 1.82) is 5.26 Å². The quantitative estimate of drug-likeness (QED) is 0.529. The molecule has 0 aromatic rings. The van der Waals surface area contributed by atoms with Gasteiger partial charge in [-0.3, -0.25) is 4.79 Å². The third-order valence-electron chi connectivity index (χ3n) is 4.18. The Hall–Kier alpha value is -1.30. The molecule has 1 unspecified atom stereocenters. The lowest BCUT2D eigenvalue weighted by Crippen LogP contribution is -2.48. The van der Waals surface area contributed by atoms with Crippen LogP contribution in [-0.2, 0) is 9.53 Å². The summed E-state index contributed by atoms with van der Waals surface area (Å²) >= 11 is 0. The lowest BCUT2D eigenvalue weighted by atomic mass is 9.50. The predicted octanol–water partition coefficient (Wildman–Crippen LogP) is 2.43. The van der Waals surface area contributed by atoms with Gasteiger partial charge < -0.3 is 4.74 Å². The van der Waals surface area contributed by atoms with Crippen LogP contribution in [0.2, 0.25) is 0 Å². The Balaban J connectivity index is 2.13. The Morgan fingerprint density at radius 1 is 1.69 bits per heavy atom. The zero-order valence-corrected chi connectivity index (χ0v) is 9.99. The Bertz CT molecular complexity index is 389. The molecule has 16 heavy (non-hydrogen) atoms. The van der Waals surface area contributed by atoms with Gasteiger partial charge in [-0.15, -0.1) is 0 Å². The highest BCUT2D eigenvalue weighted by Crippen LogP contribution is 2.58. The van der Waals surface area contributed by atoms with Crippen LogP contribution < -0.4 is 0 Å². The van der Waals surface area contributed by atoms with E-state index in [9.17, 15) is 4.79 Å². The lowest BCUT2D eigenvalue weighted by molar-refractivity contribution is -0.143. The smallest absolute Gasteiger partial charge is 0.304 e. The molecule has 0 N–H and O–H groups in total. The topological polar surface area (TPSA) is 50.1 Å². The molecule has 0 amide bonds. The first kappa shape index (κ1) is 11.2. The molecule has 3 nitrogen and oxygen atoms in total. The number of hydrogen-bond donors (Lipinski definition) is 0. The summed E-state index contributed by atoms with van der Waals surface area (Å²) in [5.74, 6) is 0.808. The summed E-state index contributed by atoms with van der Waals surface area (Å²) in [5, 5.41) is 8.99. The zero-order chi connectivity index (χ0) is 11.9. The first-order valence-electron chi connectivity index (χ1n) is 5.72. The molecule has 86 valence electrons. The van der Waals surface area contributed by atoms with Crippen molar-refractivity contribution in [3.63, 3.8) is 0 Å². The van der Waals surface area contributed by atoms with Crippen molar-refractivity contribution >= 4 is 5.97 Å². The summed E-state index contributed by atoms with van der Waals surface area (Å²) in [6.07, 6.45) is 3.60. The van der Waals surface area contributed by atoms with Crippen LogP contribution in [0.5, 0.6) is 0 Å². The number of carbonyl (C=O) groups is 1. The fraction of sp³-hybridized carbons (Fsp3) is 0.692. The van der Waals surface area contributed by atoms with Crippen molar-refractivity contribution in [2.45, 2.75) is 39.7 Å². The summed E-state index contributed by atoms with van der Waals surface area (Å²) in [6.45, 7) is 5.89. The molecule has 0 heterocycles. The van der Waals surface area contributed by atoms with Gasteiger partial charge in [-0.2, -0.15) is 5.26 Å². The Morgan fingerprint density at radius 3 is 2.75 bits per heavy atom. The average Bonchev–Trinajstić information content (AvgIpc) is 2.25. The molecule has 0 spiro atoms. The number of esters is 1. The SMILES string of the molecule is CC(=O)OC(C#N)C1=C[C@@H]2C[C@H](C1)C2(C)C. The molecule has 0 aromatic heterocycles. The van der Waals surface area contributed by atoms with Crippen LogP contribution in [0.1, 0.15) is 33.6 Å². The van der Waals surface area contributed by atoms with Gasteiger partial charge in [-0.05, 0) is 35.7 Å². The molecule has 1 saturated carbocycles. The second-order valence-electron chi connectivity index (χ2n) is 5.42. The standard InChI is InChI=1S/C13H17NO2/c1-8(15)16-12(7-14)9-4-10-6-11(5-9)13(10,2)3/h4,10-12H,5-6H2,1-3H3/t10-,11+,12?/m1/s1. The van der Waals surface area contributed by atoms with Crippen molar-refractivity contribution < 1.29 is 9.53 Å². The van der Waals surface area contributed by atoms with Gasteiger partial charge in [0, 0.05) is 6.92 Å². The third kappa shape index (κ3) is 1.63. The largest absolute Gasteiger partial charge is 0.442 e. The Kier molecular flexibility index (Phi) is 2.53. The second-order valence-corrected chi connectivity index (χ2v) is 5.42. The van der Waals surface area contributed by atoms with Crippen LogP contribution in [0.3, 0.4) is 0 Å². The highest BCUT2D eigenvalue weighted by molar-refractivity contribution is 5.67. The monoisotopic (exact) mass is 219 g/mol. The molecular weight excluding hydrogens is 202 g/mol. The molecule has 2 bridgehead atoms. The van der Waals surface area contributed by atoms with E-state index in [0.717, 1.165) is 12.0 Å². The fourth-order valence-corrected chi connectivity index (χ4v) is 2.84. The van der Waals surface area contributed by atoms with Crippen LogP contribution in [0.4, 0.5) is 0 Å². The van der Waals surface area contributed by atoms with Crippen molar-refractivity contribution in [3.8, 4) is 6.07 Å². The maximum atomic E-state index is 10.9. The highest BCUT2D eigenvalue weighted by atomic mass is 16.5. The van der Waals surface area contributed by atoms with Gasteiger partial charge in [-0.1, -0.05) is 19.9 Å². The van der Waals surface area contributed by atoms with Gasteiger partial charge >= 0.3 is 5.97 Å². The molecule has 3 atom stereocenters. The van der Waals surface area contributed by atoms with E-state index in [1.54, 1.807) is 0 Å². The minimum absolute atomic E-state index is 0.361. The first-order valence-corrected chi connectivity index (χ1v) is 5.72. The third-order valence-corrected chi connectivity index (χ3v) is 4.18. The van der Waals surface area contributed by atoms with Crippen LogP contribution >= 0.6 is 0 Å². The van der Waals surface area contributed by atoms with E-state index in [-0.39, 0.29) is 5.97 Å². The number of hydrogen-bond acceptors (Lipinski definition) is 3. The van der Waals surface area contributed by atoms with Crippen LogP contribution in [0, 0.1) is 28.6 Å². The molecule has 3 heteroatoms. The molecule has 0 aliphatic heterocycles. The molecule has 3 rings (SSSR count). The van der Waals surface area contributed by atoms with Crippen LogP contribution in [0.25, 0.3) is 0 Å². The molecule has 3 aliphatic rings. The van der Waals surface area contributed by atoms with Crippen LogP contribution in [0.15, 0.2) is 11.6 Å². The summed E-state index contributed by atoms with van der Waals surface area (Å²) < 4.78 is 5.01. The predicted molar refractivity (Wildman–Crippen MR) is 59.2 cm³/mol. The van der Waals surface area contributed by atoms with E-state index in [1.165, 1.54) is 13.3 Å². The Morgan fingerprint density at radius 2 is 2.38 bits per heavy atom. The van der Waals surface area contributed by atoms with E-state index >= 15 is 0 Å². The highest BCUT2D eigenvalue weighted by Gasteiger charge is 2.50. The minimum atomic E-state index is -0.668. The van der Waals surface area contributed by atoms with E-state index in [0.29, 0.717) is 17.3 Å². The summed E-state index contributed by atoms with van der Waals surface area (Å²) in [7, 11) is 0. The van der Waals surface area contributed by atoms with E-state index in [1.807, 2.05) is 0 Å². The zero-order valence-electron chi connectivity index (χ0n) is 9.99. The summed E-state index contributed by atoms with van der Waals surface area (Å²) in [4.78, 5) is 10.9. The second kappa shape index (κ2) is 3.62. The van der Waals surface area contributed by atoms with Gasteiger partial charge in [0.15, 0.2) is 0 Å². The number of carbonyl (C=O) groups excluding carboxylic acids is 1. The van der Waals surface area contributed by atoms with E-state index in [2.05, 4.69) is 26.0 Å². The number of nitrogens with zero attached hydrogens (tertiary/aromatic N) is 1. The van der Waals surface area contributed by atoms with Crippen molar-refractivity contribution in [2.24, 2.45) is 17.3 Å². The molecule has 0 saturated heterocycles. The minimum Gasteiger partial charge on any atom is -0.442 e. The van der Waals surface area contributed by atoms with E-state index in [4.69, 9.17) is 10.00 Å². The average molecular weight is 219 g/mol. The van der Waals surface area contributed by atoms with Crippen molar-refractivity contribution in [1.82, 2.24) is 0 Å². The van der Waals surface area contributed by atoms with Crippen molar-refractivity contribution in [2.75, 3.05) is 0 Å². The summed E-state index contributed by atoms with van der Waals surface area (Å²) in [5.41, 5.74) is 1.36. The first-order chi connectivity index (χ1) is 7.45. The maximum absolute atomic E-state index is 10.9. The normalized spacial score (nSPS) is 31.8. The number of ether oxygens (including phenoxy) is 1. The van der Waals surface area contributed by atoms with Gasteiger partial charge in [-0.25, -0.2) is 0 Å². The number of nitriles is 1. The van der Waals surface area contributed by atoms with Crippen LogP contribution in [-0.4, -0.2) is 12.1 Å². The molecular formula is C13H17NO2. The number of fused-ring (bicyclic) bond motifs is 1. The van der Waals surface area contributed by atoms with Gasteiger partial charge in [0.1, 0.15) is 6.07 Å². The van der Waals surface area contributed by atoms with Crippen molar-refractivity contribution in [3.05, 3.63) is 11.6 Å².